The van der Waals surface area contributed by atoms with Gasteiger partial charge in [-0.3, -0.25) is 10.1 Å². The summed E-state index contributed by atoms with van der Waals surface area (Å²) in [5, 5.41) is 2.95. The maximum atomic E-state index is 12.1. The largest absolute Gasteiger partial charge is 0.388 e. The normalized spacial score (nSPS) is 12.0. The van der Waals surface area contributed by atoms with Crippen molar-refractivity contribution in [3.8, 4) is 0 Å². The number of carbonyl (C=O) groups excluding carboxylic acids is 1. The summed E-state index contributed by atoms with van der Waals surface area (Å²) in [7, 11) is 0. The summed E-state index contributed by atoms with van der Waals surface area (Å²) < 4.78 is 5.05. The maximum Gasteiger partial charge on any atom is 0.348 e. The van der Waals surface area contributed by atoms with Crippen molar-refractivity contribution in [3.05, 3.63) is 70.6 Å². The highest BCUT2D eigenvalue weighted by molar-refractivity contribution is 5.90. The first-order valence-electron chi connectivity index (χ1n) is 7.38. The molecule has 116 valence electrons. The Balaban J connectivity index is 1.74. The lowest BCUT2D eigenvalue weighted by Crippen LogP contribution is -2.17. The third-order valence-corrected chi connectivity index (χ3v) is 3.64. The number of anilines is 1. The number of nitrogens with one attached hydrogen (secondary N) is 1. The molecule has 0 aliphatic carbocycles. The number of fused-ring (bicyclic) bond motifs is 1. The number of hydrogen-bond donors (Lipinski definition) is 1. The molecule has 23 heavy (non-hydrogen) atoms. The summed E-state index contributed by atoms with van der Waals surface area (Å²) in [6.45, 7) is 1.97. The van der Waals surface area contributed by atoms with E-state index in [-0.39, 0.29) is 24.3 Å². The molecule has 3 aromatic rings. The fraction of sp³-hybridized carbons (Fsp3) is 0.167. The van der Waals surface area contributed by atoms with E-state index in [9.17, 15) is 9.59 Å². The van der Waals surface area contributed by atoms with Gasteiger partial charge in [-0.1, -0.05) is 49.4 Å². The summed E-state index contributed by atoms with van der Waals surface area (Å²) in [6, 6.07) is 16.5. The monoisotopic (exact) mass is 308 g/mol. The smallest absolute Gasteiger partial charge is 0.348 e. The minimum Gasteiger partial charge on any atom is -0.388 e. The van der Waals surface area contributed by atoms with Crippen molar-refractivity contribution in [3.63, 3.8) is 0 Å². The molecule has 0 saturated heterocycles. The lowest BCUT2D eigenvalue weighted by molar-refractivity contribution is -0.116. The van der Waals surface area contributed by atoms with Gasteiger partial charge in [0.25, 0.3) is 0 Å². The lowest BCUT2D eigenvalue weighted by atomic mass is 9.98. The van der Waals surface area contributed by atoms with E-state index in [1.807, 2.05) is 37.3 Å². The molecule has 0 spiro atoms. The molecule has 0 aliphatic rings. The predicted octanol–water partition coefficient (Wildman–Crippen LogP) is 3.32. The van der Waals surface area contributed by atoms with E-state index in [2.05, 4.69) is 10.3 Å². The molecule has 0 radical (unpaired) electrons. The third-order valence-electron chi connectivity index (χ3n) is 3.64. The zero-order valence-corrected chi connectivity index (χ0v) is 12.7. The van der Waals surface area contributed by atoms with Crippen LogP contribution in [0.25, 0.3) is 10.9 Å². The fourth-order valence-corrected chi connectivity index (χ4v) is 2.42. The predicted molar refractivity (Wildman–Crippen MR) is 88.4 cm³/mol. The molecule has 2 aromatic carbocycles. The van der Waals surface area contributed by atoms with Crippen LogP contribution in [0, 0.1) is 0 Å². The average molecular weight is 308 g/mol. The highest BCUT2D eigenvalue weighted by Gasteiger charge is 2.13. The molecule has 3 rings (SSSR count). The molecule has 0 bridgehead atoms. The number of nitrogens with zero attached hydrogens (tertiary/aromatic N) is 1. The molecule has 5 nitrogen and oxygen atoms in total. The Bertz CT molecular complexity index is 887. The van der Waals surface area contributed by atoms with E-state index < -0.39 is 5.63 Å². The summed E-state index contributed by atoms with van der Waals surface area (Å²) >= 11 is 0. The van der Waals surface area contributed by atoms with Crippen LogP contribution >= 0.6 is 0 Å². The van der Waals surface area contributed by atoms with Gasteiger partial charge >= 0.3 is 11.6 Å². The summed E-state index contributed by atoms with van der Waals surface area (Å²) in [5.41, 5.74) is 1.06. The van der Waals surface area contributed by atoms with E-state index in [4.69, 9.17) is 4.42 Å². The van der Waals surface area contributed by atoms with Gasteiger partial charge in [-0.05, 0) is 23.6 Å². The minimum atomic E-state index is -0.512. The molecule has 1 unspecified atom stereocenters. The number of para-hydroxylation sites is 1. The van der Waals surface area contributed by atoms with Gasteiger partial charge < -0.3 is 4.42 Å². The summed E-state index contributed by atoms with van der Waals surface area (Å²) in [4.78, 5) is 28.2. The number of carbonyl (C=O) groups is 1. The molecule has 1 aromatic heterocycles. The van der Waals surface area contributed by atoms with Crippen molar-refractivity contribution in [1.82, 2.24) is 4.98 Å². The quantitative estimate of drug-likeness (QED) is 0.802. The van der Waals surface area contributed by atoms with Crippen LogP contribution in [0.1, 0.15) is 24.8 Å². The van der Waals surface area contributed by atoms with Gasteiger partial charge in [-0.25, -0.2) is 4.79 Å². The number of amides is 1. The molecular weight excluding hydrogens is 292 g/mol. The van der Waals surface area contributed by atoms with Gasteiger partial charge in [0, 0.05) is 6.42 Å². The van der Waals surface area contributed by atoms with E-state index in [1.165, 1.54) is 0 Å². The topological polar surface area (TPSA) is 72.2 Å². The third kappa shape index (κ3) is 3.45. The Morgan fingerprint density at radius 1 is 1.13 bits per heavy atom. The van der Waals surface area contributed by atoms with Crippen molar-refractivity contribution in [2.24, 2.45) is 0 Å². The Morgan fingerprint density at radius 2 is 1.83 bits per heavy atom. The second kappa shape index (κ2) is 6.44. The van der Waals surface area contributed by atoms with Crippen LogP contribution < -0.4 is 10.9 Å². The first kappa shape index (κ1) is 15.0. The summed E-state index contributed by atoms with van der Waals surface area (Å²) in [6.07, 6.45) is 0.280. The first-order valence-corrected chi connectivity index (χ1v) is 7.38. The van der Waals surface area contributed by atoms with Crippen LogP contribution in [0.4, 0.5) is 6.01 Å². The van der Waals surface area contributed by atoms with Gasteiger partial charge in [-0.15, -0.1) is 0 Å². The lowest BCUT2D eigenvalue weighted by Gasteiger charge is -2.11. The Morgan fingerprint density at radius 3 is 2.61 bits per heavy atom. The molecule has 1 atom stereocenters. The van der Waals surface area contributed by atoms with Crippen molar-refractivity contribution >= 4 is 22.8 Å². The van der Waals surface area contributed by atoms with E-state index in [1.54, 1.807) is 24.3 Å². The second-order valence-corrected chi connectivity index (χ2v) is 5.39. The van der Waals surface area contributed by atoms with Gasteiger partial charge in [0.2, 0.25) is 5.91 Å². The molecule has 5 heteroatoms. The average Bonchev–Trinajstić information content (AvgIpc) is 2.55. The van der Waals surface area contributed by atoms with Crippen molar-refractivity contribution < 1.29 is 9.21 Å². The van der Waals surface area contributed by atoms with Crippen molar-refractivity contribution in [2.45, 2.75) is 19.3 Å². The van der Waals surface area contributed by atoms with Crippen LogP contribution in [0.3, 0.4) is 0 Å². The molecule has 0 aliphatic heterocycles. The number of benzene rings is 2. The fourth-order valence-electron chi connectivity index (χ4n) is 2.42. The van der Waals surface area contributed by atoms with Gasteiger partial charge in [0.15, 0.2) is 0 Å². The van der Waals surface area contributed by atoms with Crippen LogP contribution in [0.2, 0.25) is 0 Å². The van der Waals surface area contributed by atoms with Crippen molar-refractivity contribution in [1.29, 1.82) is 0 Å². The van der Waals surface area contributed by atoms with Crippen LogP contribution in [0.5, 0.6) is 0 Å². The van der Waals surface area contributed by atoms with Crippen LogP contribution in [-0.2, 0) is 4.79 Å². The molecule has 0 saturated carbocycles. The number of hydrogen-bond acceptors (Lipinski definition) is 4. The molecule has 1 heterocycles. The van der Waals surface area contributed by atoms with Crippen LogP contribution in [-0.4, -0.2) is 10.9 Å². The Kier molecular flexibility index (Phi) is 4.19. The molecular formula is C18H16N2O3. The van der Waals surface area contributed by atoms with Gasteiger partial charge in [0.05, 0.1) is 10.9 Å². The van der Waals surface area contributed by atoms with E-state index >= 15 is 0 Å². The highest BCUT2D eigenvalue weighted by Crippen LogP contribution is 2.19. The first-order chi connectivity index (χ1) is 11.1. The van der Waals surface area contributed by atoms with E-state index in [0.717, 1.165) is 5.56 Å². The highest BCUT2D eigenvalue weighted by atomic mass is 16.4. The van der Waals surface area contributed by atoms with Crippen molar-refractivity contribution in [2.75, 3.05) is 5.32 Å². The van der Waals surface area contributed by atoms with Gasteiger partial charge in [0.1, 0.15) is 0 Å². The zero-order chi connectivity index (χ0) is 16.2. The summed E-state index contributed by atoms with van der Waals surface area (Å²) in [5.74, 6) is -0.185. The maximum absolute atomic E-state index is 12.1. The molecule has 1 N–H and O–H groups in total. The standard InChI is InChI=1S/C18H16N2O3/c1-12(13-7-3-2-4-8-13)11-16(21)20-18-19-15-10-6-5-9-14(15)17(22)23-18/h2-10,12H,11H2,1H3,(H,19,20,21). The second-order valence-electron chi connectivity index (χ2n) is 5.39. The van der Waals surface area contributed by atoms with Crippen LogP contribution in [0.15, 0.2) is 63.8 Å². The number of rotatable bonds is 4. The Labute approximate surface area is 133 Å². The SMILES string of the molecule is CC(CC(=O)Nc1nc2ccccc2c(=O)o1)c1ccccc1. The Hall–Kier alpha value is -2.95. The minimum absolute atomic E-state index is 0.0587. The molecule has 0 fully saturated rings. The van der Waals surface area contributed by atoms with Gasteiger partial charge in [-0.2, -0.15) is 4.98 Å². The van der Waals surface area contributed by atoms with E-state index in [0.29, 0.717) is 10.9 Å². The number of aromatic nitrogens is 1. The zero-order valence-electron chi connectivity index (χ0n) is 12.7. The molecule has 1 amide bonds.